The van der Waals surface area contributed by atoms with E-state index < -0.39 is 58.5 Å². The lowest BCUT2D eigenvalue weighted by Gasteiger charge is -2.39. The number of imide groups is 2. The van der Waals surface area contributed by atoms with E-state index in [4.69, 9.17) is 0 Å². The molecule has 7 rings (SSSR count). The fourth-order valence-electron chi connectivity index (χ4n) is 6.69. The van der Waals surface area contributed by atoms with Gasteiger partial charge < -0.3 is 15.3 Å². The molecule has 5 amide bonds. The highest BCUT2D eigenvalue weighted by Gasteiger charge is 2.45. The molecule has 3 aliphatic heterocycles. The van der Waals surface area contributed by atoms with Crippen LogP contribution in [0.1, 0.15) is 83.4 Å². The molecule has 1 atom stereocenters. The minimum absolute atomic E-state index is 0.0226. The van der Waals surface area contributed by atoms with Gasteiger partial charge in [-0.25, -0.2) is 0 Å². The summed E-state index contributed by atoms with van der Waals surface area (Å²) in [6.45, 7) is 4.32. The highest BCUT2D eigenvalue weighted by molar-refractivity contribution is 6.23. The van der Waals surface area contributed by atoms with E-state index in [-0.39, 0.29) is 41.1 Å². The van der Waals surface area contributed by atoms with E-state index >= 15 is 0 Å². The fourth-order valence-corrected chi connectivity index (χ4v) is 6.69. The number of nitrogens with one attached hydrogen (secondary N) is 2. The Morgan fingerprint density at radius 2 is 1.76 bits per heavy atom. The number of alkyl halides is 3. The lowest BCUT2D eigenvalue weighted by molar-refractivity contribution is -0.138. The number of piperidine rings is 1. The Labute approximate surface area is 290 Å². The zero-order chi connectivity index (χ0) is 36.5. The summed E-state index contributed by atoms with van der Waals surface area (Å²) in [6, 6.07) is 6.83. The number of rotatable bonds is 6. The van der Waals surface area contributed by atoms with Gasteiger partial charge in [0, 0.05) is 42.6 Å². The molecular formula is C36H33F3N6O6. The van der Waals surface area contributed by atoms with Crippen molar-refractivity contribution in [2.45, 2.75) is 69.3 Å². The lowest BCUT2D eigenvalue weighted by atomic mass is 9.74. The molecule has 4 aliphatic rings. The van der Waals surface area contributed by atoms with Gasteiger partial charge in [-0.3, -0.25) is 38.9 Å². The van der Waals surface area contributed by atoms with Crippen LogP contribution in [0.4, 0.5) is 24.5 Å². The number of carbonyl (C=O) groups is 5. The van der Waals surface area contributed by atoms with E-state index in [1.807, 2.05) is 4.90 Å². The Balaban J connectivity index is 0.987. The lowest BCUT2D eigenvalue weighted by Crippen LogP contribution is -2.54. The molecule has 2 aromatic carbocycles. The standard InChI is InChI=1S/C36H33F3N6O6/c1-34(2,33(50)41-27-9-6-22(36(37,38)39)14-26(27)35(51)12-3-13-35)44-19-20(16-40-44)4-5-21-17-43(18-21)23-7-8-24-25(15-23)32(49)45(31(24)48)28-10-11-29(46)42-30(28)47/h6-9,14-16,19,21,28,51H,3,10-13,17-18H2,1-2H3,(H,41,50)(H,42,46,47). The molecule has 1 aliphatic carbocycles. The number of amides is 5. The van der Waals surface area contributed by atoms with Crippen molar-refractivity contribution < 1.29 is 42.3 Å². The van der Waals surface area contributed by atoms with Crippen LogP contribution in [0, 0.1) is 17.8 Å². The first-order valence-corrected chi connectivity index (χ1v) is 16.5. The van der Waals surface area contributed by atoms with Gasteiger partial charge in [-0.2, -0.15) is 18.3 Å². The predicted molar refractivity (Wildman–Crippen MR) is 175 cm³/mol. The summed E-state index contributed by atoms with van der Waals surface area (Å²) >= 11 is 0. The Morgan fingerprint density at radius 3 is 2.43 bits per heavy atom. The van der Waals surface area contributed by atoms with E-state index in [1.54, 1.807) is 38.2 Å². The molecule has 4 heterocycles. The van der Waals surface area contributed by atoms with Crippen LogP contribution >= 0.6 is 0 Å². The largest absolute Gasteiger partial charge is 0.416 e. The number of fused-ring (bicyclic) bond motifs is 1. The summed E-state index contributed by atoms with van der Waals surface area (Å²) in [5, 5.41) is 20.1. The summed E-state index contributed by atoms with van der Waals surface area (Å²) in [6.07, 6.45) is -0.130. The minimum atomic E-state index is -4.60. The second kappa shape index (κ2) is 12.1. The highest BCUT2D eigenvalue weighted by Crippen LogP contribution is 2.46. The van der Waals surface area contributed by atoms with E-state index in [9.17, 15) is 42.3 Å². The maximum Gasteiger partial charge on any atom is 0.416 e. The second-order valence-corrected chi connectivity index (χ2v) is 13.9. The van der Waals surface area contributed by atoms with Gasteiger partial charge in [-0.15, -0.1) is 0 Å². The van der Waals surface area contributed by atoms with Gasteiger partial charge in [0.15, 0.2) is 0 Å². The molecule has 1 aromatic heterocycles. The third-order valence-corrected chi connectivity index (χ3v) is 10.1. The summed E-state index contributed by atoms with van der Waals surface area (Å²) in [5.74, 6) is 3.44. The number of benzene rings is 2. The molecule has 1 saturated carbocycles. The number of carbonyl (C=O) groups excluding carboxylic acids is 5. The first-order chi connectivity index (χ1) is 24.0. The van der Waals surface area contributed by atoms with E-state index in [0.717, 1.165) is 22.7 Å². The summed E-state index contributed by atoms with van der Waals surface area (Å²) in [4.78, 5) is 66.4. The third-order valence-electron chi connectivity index (χ3n) is 10.1. The highest BCUT2D eigenvalue weighted by atomic mass is 19.4. The molecule has 0 spiro atoms. The van der Waals surface area contributed by atoms with Crippen molar-refractivity contribution in [1.29, 1.82) is 0 Å². The van der Waals surface area contributed by atoms with Gasteiger partial charge in [-0.05, 0) is 75.9 Å². The minimum Gasteiger partial charge on any atom is -0.385 e. The normalized spacial score (nSPS) is 20.2. The molecule has 264 valence electrons. The van der Waals surface area contributed by atoms with E-state index in [1.165, 1.54) is 16.9 Å². The Kier molecular flexibility index (Phi) is 8.05. The number of aromatic nitrogens is 2. The molecule has 0 radical (unpaired) electrons. The van der Waals surface area contributed by atoms with Gasteiger partial charge in [0.2, 0.25) is 11.8 Å². The van der Waals surface area contributed by atoms with Crippen LogP contribution < -0.4 is 15.5 Å². The van der Waals surface area contributed by atoms with Crippen molar-refractivity contribution in [2.24, 2.45) is 5.92 Å². The summed E-state index contributed by atoms with van der Waals surface area (Å²) in [5.41, 5.74) is -1.82. The smallest absolute Gasteiger partial charge is 0.385 e. The zero-order valence-electron chi connectivity index (χ0n) is 27.6. The Hall–Kier alpha value is -5.49. The topological polar surface area (TPSA) is 154 Å². The van der Waals surface area contributed by atoms with Crippen LogP contribution in [0.25, 0.3) is 0 Å². The molecule has 12 nitrogen and oxygen atoms in total. The van der Waals surface area contributed by atoms with Crippen LogP contribution in [0.15, 0.2) is 48.8 Å². The molecule has 15 heteroatoms. The second-order valence-electron chi connectivity index (χ2n) is 13.9. The number of hydrogen-bond acceptors (Lipinski definition) is 8. The predicted octanol–water partition coefficient (Wildman–Crippen LogP) is 3.54. The average molecular weight is 703 g/mol. The van der Waals surface area contributed by atoms with Crippen LogP contribution in [0.2, 0.25) is 0 Å². The van der Waals surface area contributed by atoms with Crippen molar-refractivity contribution >= 4 is 40.9 Å². The molecular weight excluding hydrogens is 669 g/mol. The number of aliphatic hydroxyl groups is 1. The van der Waals surface area contributed by atoms with Gasteiger partial charge in [0.05, 0.1) is 40.0 Å². The van der Waals surface area contributed by atoms with Crippen LogP contribution in [0.5, 0.6) is 0 Å². The van der Waals surface area contributed by atoms with Crippen molar-refractivity contribution in [3.8, 4) is 11.8 Å². The monoisotopic (exact) mass is 702 g/mol. The first kappa shape index (κ1) is 34.0. The average Bonchev–Trinajstić information content (AvgIpc) is 3.62. The van der Waals surface area contributed by atoms with Crippen molar-refractivity contribution in [2.75, 3.05) is 23.3 Å². The molecule has 3 N–H and O–H groups in total. The maximum absolute atomic E-state index is 13.4. The van der Waals surface area contributed by atoms with E-state index in [2.05, 4.69) is 27.6 Å². The third kappa shape index (κ3) is 6.03. The number of anilines is 2. The quantitative estimate of drug-likeness (QED) is 0.261. The molecule has 1 unspecified atom stereocenters. The van der Waals surface area contributed by atoms with Crippen molar-refractivity contribution in [1.82, 2.24) is 20.0 Å². The number of hydrogen-bond donors (Lipinski definition) is 3. The molecule has 2 saturated heterocycles. The summed E-state index contributed by atoms with van der Waals surface area (Å²) in [7, 11) is 0. The Morgan fingerprint density at radius 1 is 1.04 bits per heavy atom. The maximum atomic E-state index is 13.4. The molecule has 3 aromatic rings. The molecule has 3 fully saturated rings. The van der Waals surface area contributed by atoms with Crippen LogP contribution in [-0.4, -0.2) is 68.5 Å². The number of nitrogens with zero attached hydrogens (tertiary/aromatic N) is 4. The summed E-state index contributed by atoms with van der Waals surface area (Å²) < 4.78 is 41.7. The fraction of sp³-hybridized carbons (Fsp3) is 0.389. The Bertz CT molecular complexity index is 2070. The molecule has 51 heavy (non-hydrogen) atoms. The van der Waals surface area contributed by atoms with Gasteiger partial charge in [-0.1, -0.05) is 11.8 Å². The molecule has 0 bridgehead atoms. The van der Waals surface area contributed by atoms with Gasteiger partial charge in [0.1, 0.15) is 11.6 Å². The van der Waals surface area contributed by atoms with Crippen molar-refractivity contribution in [3.05, 3.63) is 76.6 Å². The van der Waals surface area contributed by atoms with Gasteiger partial charge in [0.25, 0.3) is 17.7 Å². The zero-order valence-corrected chi connectivity index (χ0v) is 27.6. The van der Waals surface area contributed by atoms with Crippen molar-refractivity contribution in [3.63, 3.8) is 0 Å². The SMILES string of the molecule is CC(C)(C(=O)Nc1ccc(C(F)(F)F)cc1C1(O)CCC1)n1cc(C#CC2CN(c3ccc4c(c3)C(=O)N(C3CCC(=O)NC3=O)C4=O)C2)cn1. The first-order valence-electron chi connectivity index (χ1n) is 16.5. The van der Waals surface area contributed by atoms with Crippen LogP contribution in [0.3, 0.4) is 0 Å². The van der Waals surface area contributed by atoms with Crippen LogP contribution in [-0.2, 0) is 31.7 Å². The van der Waals surface area contributed by atoms with E-state index in [0.29, 0.717) is 37.9 Å². The van der Waals surface area contributed by atoms with Gasteiger partial charge >= 0.3 is 6.18 Å². The number of halogens is 3.